The maximum absolute atomic E-state index is 6.40. The molecule has 0 bridgehead atoms. The van der Waals surface area contributed by atoms with Crippen LogP contribution in [0.2, 0.25) is 0 Å². The van der Waals surface area contributed by atoms with E-state index in [1.54, 1.807) is 6.26 Å². The van der Waals surface area contributed by atoms with Gasteiger partial charge in [-0.15, -0.1) is 0 Å². The largest absolute Gasteiger partial charge is 0.490 e. The molecule has 0 spiro atoms. The fraction of sp³-hybridized carbons (Fsp3) is 0.292. The van der Waals surface area contributed by atoms with Gasteiger partial charge in [0.1, 0.15) is 0 Å². The van der Waals surface area contributed by atoms with Crippen LogP contribution in [0.5, 0.6) is 11.5 Å². The van der Waals surface area contributed by atoms with E-state index < -0.39 is 6.23 Å². The van der Waals surface area contributed by atoms with E-state index in [1.165, 1.54) is 11.1 Å². The van der Waals surface area contributed by atoms with Gasteiger partial charge in [0.25, 0.3) is 0 Å². The molecule has 0 radical (unpaired) electrons. The first-order chi connectivity index (χ1) is 14.2. The molecule has 3 aromatic rings. The zero-order chi connectivity index (χ0) is 20.0. The van der Waals surface area contributed by atoms with Gasteiger partial charge in [-0.2, -0.15) is 5.10 Å². The van der Waals surface area contributed by atoms with Gasteiger partial charge in [0.2, 0.25) is 6.23 Å². The third-order valence-corrected chi connectivity index (χ3v) is 5.71. The Kier molecular flexibility index (Phi) is 4.31. The van der Waals surface area contributed by atoms with Crippen molar-refractivity contribution in [3.8, 4) is 11.5 Å². The van der Waals surface area contributed by atoms with Crippen molar-refractivity contribution in [3.05, 3.63) is 82.8 Å². The first-order valence-corrected chi connectivity index (χ1v) is 10.0. The number of fused-ring (bicyclic) bond motifs is 3. The number of nitrogens with zero attached hydrogens (tertiary/aromatic N) is 2. The zero-order valence-corrected chi connectivity index (χ0v) is 16.9. The molecule has 0 saturated heterocycles. The van der Waals surface area contributed by atoms with Crippen LogP contribution >= 0.6 is 0 Å². The molecular weight excluding hydrogens is 364 g/mol. The van der Waals surface area contributed by atoms with Crippen molar-refractivity contribution < 1.29 is 13.9 Å². The number of aryl methyl sites for hydroxylation is 2. The number of hydrogen-bond acceptors (Lipinski definition) is 5. The summed E-state index contributed by atoms with van der Waals surface area (Å²) in [5, 5.41) is 7.02. The van der Waals surface area contributed by atoms with E-state index >= 15 is 0 Å². The Morgan fingerprint density at radius 1 is 1.10 bits per heavy atom. The lowest BCUT2D eigenvalue weighted by molar-refractivity contribution is -0.0344. The average molecular weight is 388 g/mol. The minimum Gasteiger partial charge on any atom is -0.490 e. The first-order valence-electron chi connectivity index (χ1n) is 10.0. The van der Waals surface area contributed by atoms with E-state index in [2.05, 4.69) is 38.1 Å². The number of rotatable bonds is 4. The number of furan rings is 1. The molecule has 5 rings (SSSR count). The quantitative estimate of drug-likeness (QED) is 0.589. The Labute approximate surface area is 170 Å². The SMILES string of the molecule is CCOc1cccc2c1O[C@H](c1ccco1)N1N=C(c3ccc(C)c(C)c3)C[C@H]21. The fourth-order valence-electron chi connectivity index (χ4n) is 4.07. The summed E-state index contributed by atoms with van der Waals surface area (Å²) in [6, 6.07) is 16.5. The normalized spacial score (nSPS) is 20.0. The van der Waals surface area contributed by atoms with Crippen molar-refractivity contribution in [1.29, 1.82) is 0 Å². The second-order valence-electron chi connectivity index (χ2n) is 7.54. The number of ether oxygens (including phenoxy) is 2. The predicted octanol–water partition coefficient (Wildman–Crippen LogP) is 5.54. The molecule has 2 atom stereocenters. The number of benzene rings is 2. The van der Waals surface area contributed by atoms with Gasteiger partial charge >= 0.3 is 0 Å². The fourth-order valence-corrected chi connectivity index (χ4v) is 4.07. The predicted molar refractivity (Wildman–Crippen MR) is 111 cm³/mol. The van der Waals surface area contributed by atoms with E-state index in [4.69, 9.17) is 19.0 Å². The molecule has 0 fully saturated rings. The number of hydrogen-bond donors (Lipinski definition) is 0. The molecular formula is C24H24N2O3. The van der Waals surface area contributed by atoms with Crippen LogP contribution in [0.15, 0.2) is 64.3 Å². The Morgan fingerprint density at radius 2 is 2.00 bits per heavy atom. The van der Waals surface area contributed by atoms with E-state index in [0.717, 1.165) is 40.5 Å². The molecule has 3 heterocycles. The maximum Gasteiger partial charge on any atom is 0.246 e. The van der Waals surface area contributed by atoms with Crippen LogP contribution in [-0.2, 0) is 0 Å². The summed E-state index contributed by atoms with van der Waals surface area (Å²) in [7, 11) is 0. The standard InChI is InChI=1S/C24H24N2O3/c1-4-27-21-8-5-7-18-20-14-19(17-11-10-15(2)16(3)13-17)25-26(20)24(29-23(18)21)22-9-6-12-28-22/h5-13,20,24H,4,14H2,1-3H3/t20-,24-/m1/s1. The average Bonchev–Trinajstić information content (AvgIpc) is 3.40. The maximum atomic E-state index is 6.40. The summed E-state index contributed by atoms with van der Waals surface area (Å²) in [4.78, 5) is 0. The van der Waals surface area contributed by atoms with Gasteiger partial charge in [-0.1, -0.05) is 24.3 Å². The van der Waals surface area contributed by atoms with E-state index in [1.807, 2.05) is 36.2 Å². The van der Waals surface area contributed by atoms with Crippen LogP contribution in [0.25, 0.3) is 0 Å². The van der Waals surface area contributed by atoms with Gasteiger partial charge in [-0.25, -0.2) is 5.01 Å². The lowest BCUT2D eigenvalue weighted by atomic mass is 9.95. The zero-order valence-electron chi connectivity index (χ0n) is 16.9. The van der Waals surface area contributed by atoms with Crippen molar-refractivity contribution in [3.63, 3.8) is 0 Å². The Balaban J connectivity index is 1.60. The molecule has 2 aliphatic heterocycles. The van der Waals surface area contributed by atoms with Crippen LogP contribution in [0.3, 0.4) is 0 Å². The molecule has 2 aliphatic rings. The lowest BCUT2D eigenvalue weighted by Crippen LogP contribution is -2.33. The number of para-hydroxylation sites is 1. The van der Waals surface area contributed by atoms with Crippen LogP contribution in [0.1, 0.15) is 53.6 Å². The molecule has 0 N–H and O–H groups in total. The first kappa shape index (κ1) is 17.9. The minimum atomic E-state index is -0.423. The van der Waals surface area contributed by atoms with Crippen LogP contribution in [0.4, 0.5) is 0 Å². The molecule has 0 unspecified atom stereocenters. The van der Waals surface area contributed by atoms with E-state index in [0.29, 0.717) is 6.61 Å². The second-order valence-corrected chi connectivity index (χ2v) is 7.54. The van der Waals surface area contributed by atoms with Crippen molar-refractivity contribution in [1.82, 2.24) is 5.01 Å². The summed E-state index contributed by atoms with van der Waals surface area (Å²) >= 11 is 0. The molecule has 0 saturated carbocycles. The highest BCUT2D eigenvalue weighted by Crippen LogP contribution is 2.50. The molecule has 5 nitrogen and oxygen atoms in total. The van der Waals surface area contributed by atoms with Gasteiger partial charge in [0.05, 0.1) is 24.6 Å². The molecule has 148 valence electrons. The monoisotopic (exact) mass is 388 g/mol. The van der Waals surface area contributed by atoms with Gasteiger partial charge in [0.15, 0.2) is 17.3 Å². The third-order valence-electron chi connectivity index (χ3n) is 5.71. The highest BCUT2D eigenvalue weighted by atomic mass is 16.5. The van der Waals surface area contributed by atoms with E-state index in [-0.39, 0.29) is 6.04 Å². The topological polar surface area (TPSA) is 47.2 Å². The second kappa shape index (κ2) is 6.99. The molecule has 0 amide bonds. The smallest absolute Gasteiger partial charge is 0.246 e. The van der Waals surface area contributed by atoms with Crippen molar-refractivity contribution in [2.45, 2.75) is 39.5 Å². The van der Waals surface area contributed by atoms with Gasteiger partial charge in [0, 0.05) is 12.0 Å². The summed E-state index contributed by atoms with van der Waals surface area (Å²) in [5.41, 5.74) is 5.87. The van der Waals surface area contributed by atoms with Crippen molar-refractivity contribution >= 4 is 5.71 Å². The summed E-state index contributed by atoms with van der Waals surface area (Å²) in [5.74, 6) is 2.28. The lowest BCUT2D eigenvalue weighted by Gasteiger charge is -2.37. The van der Waals surface area contributed by atoms with Crippen molar-refractivity contribution in [2.24, 2.45) is 5.10 Å². The molecule has 2 aromatic carbocycles. The molecule has 29 heavy (non-hydrogen) atoms. The molecule has 5 heteroatoms. The van der Waals surface area contributed by atoms with Crippen LogP contribution in [-0.4, -0.2) is 17.3 Å². The van der Waals surface area contributed by atoms with Crippen molar-refractivity contribution in [2.75, 3.05) is 6.61 Å². The molecule has 0 aliphatic carbocycles. The Hall–Kier alpha value is -3.21. The molecule has 1 aromatic heterocycles. The third kappa shape index (κ3) is 2.97. The summed E-state index contributed by atoms with van der Waals surface area (Å²) < 4.78 is 17.9. The Bertz CT molecular complexity index is 1070. The van der Waals surface area contributed by atoms with E-state index in [9.17, 15) is 0 Å². The van der Waals surface area contributed by atoms with Gasteiger partial charge < -0.3 is 13.9 Å². The number of hydrazone groups is 1. The van der Waals surface area contributed by atoms with Crippen LogP contribution < -0.4 is 9.47 Å². The van der Waals surface area contributed by atoms with Crippen LogP contribution in [0, 0.1) is 13.8 Å². The highest BCUT2D eigenvalue weighted by Gasteiger charge is 2.43. The highest BCUT2D eigenvalue weighted by molar-refractivity contribution is 6.02. The summed E-state index contributed by atoms with van der Waals surface area (Å²) in [6.45, 7) is 6.84. The van der Waals surface area contributed by atoms with Gasteiger partial charge in [-0.3, -0.25) is 0 Å². The summed E-state index contributed by atoms with van der Waals surface area (Å²) in [6.07, 6.45) is 2.06. The Morgan fingerprint density at radius 3 is 2.76 bits per heavy atom. The minimum absolute atomic E-state index is 0.0749. The van der Waals surface area contributed by atoms with Gasteiger partial charge in [-0.05, 0) is 61.7 Å².